The molecule has 0 saturated heterocycles. The summed E-state index contributed by atoms with van der Waals surface area (Å²) in [5.41, 5.74) is 4.11. The molecular weight excluding hydrogens is 432 g/mol. The Morgan fingerprint density at radius 3 is 2.72 bits per heavy atom. The van der Waals surface area contributed by atoms with Crippen LogP contribution in [0.4, 0.5) is 0 Å². The van der Waals surface area contributed by atoms with Crippen molar-refractivity contribution in [2.75, 3.05) is 6.61 Å². The quantitative estimate of drug-likeness (QED) is 0.738. The summed E-state index contributed by atoms with van der Waals surface area (Å²) in [6.45, 7) is 4.09. The molecule has 0 bridgehead atoms. The van der Waals surface area contributed by atoms with Gasteiger partial charge in [0.2, 0.25) is 5.90 Å². The van der Waals surface area contributed by atoms with Gasteiger partial charge >= 0.3 is 0 Å². The normalized spacial score (nSPS) is 19.7. The molecule has 5 nitrogen and oxygen atoms in total. The van der Waals surface area contributed by atoms with Crippen LogP contribution in [-0.4, -0.2) is 30.6 Å². The third-order valence-corrected chi connectivity index (χ3v) is 5.42. The minimum Gasteiger partial charge on any atom is -0.484 e. The molecule has 0 fully saturated rings. The van der Waals surface area contributed by atoms with Crippen molar-refractivity contribution in [3.63, 3.8) is 0 Å². The van der Waals surface area contributed by atoms with Crippen LogP contribution in [0.5, 0.6) is 5.75 Å². The first-order valence-corrected chi connectivity index (χ1v) is 10.2. The fourth-order valence-corrected chi connectivity index (χ4v) is 3.40. The molecule has 1 aliphatic heterocycles. The molecule has 0 spiro atoms. The summed E-state index contributed by atoms with van der Waals surface area (Å²) in [5, 5.41) is 2.86. The van der Waals surface area contributed by atoms with Crippen LogP contribution in [-0.2, 0) is 9.53 Å². The predicted molar refractivity (Wildman–Crippen MR) is 116 cm³/mol. The third kappa shape index (κ3) is 4.59. The average Bonchev–Trinajstić information content (AvgIpc) is 3.13. The van der Waals surface area contributed by atoms with E-state index in [0.717, 1.165) is 10.0 Å². The SMILES string of the molecule is Cc1ccc(C2=N[C@@H]3C=C(NC(=O)COc4ccc(Br)cc4)C=C[C@H]3O2)cc1C. The molecule has 29 heavy (non-hydrogen) atoms. The van der Waals surface area contributed by atoms with Gasteiger partial charge in [-0.25, -0.2) is 4.99 Å². The lowest BCUT2D eigenvalue weighted by Crippen LogP contribution is -2.31. The Hall–Kier alpha value is -2.86. The molecule has 0 unspecified atom stereocenters. The monoisotopic (exact) mass is 452 g/mol. The highest BCUT2D eigenvalue weighted by Crippen LogP contribution is 2.25. The van der Waals surface area contributed by atoms with Gasteiger partial charge in [-0.05, 0) is 79.6 Å². The van der Waals surface area contributed by atoms with Gasteiger partial charge < -0.3 is 14.8 Å². The van der Waals surface area contributed by atoms with Crippen molar-refractivity contribution in [1.82, 2.24) is 5.32 Å². The smallest absolute Gasteiger partial charge is 0.262 e. The molecule has 2 aromatic carbocycles. The van der Waals surface area contributed by atoms with Gasteiger partial charge in [0, 0.05) is 15.7 Å². The van der Waals surface area contributed by atoms with Crippen LogP contribution in [0.3, 0.4) is 0 Å². The number of hydrogen-bond donors (Lipinski definition) is 1. The Bertz CT molecular complexity index is 1020. The zero-order chi connectivity index (χ0) is 20.4. The number of allylic oxidation sites excluding steroid dienone is 1. The van der Waals surface area contributed by atoms with Crippen molar-refractivity contribution in [1.29, 1.82) is 0 Å². The number of fused-ring (bicyclic) bond motifs is 1. The standard InChI is InChI=1S/C23H21BrN2O3/c1-14-3-4-16(11-15(14)2)23-26-20-12-18(7-10-21(20)29-23)25-22(27)13-28-19-8-5-17(24)6-9-19/h3-12,20-21H,13H2,1-2H3,(H,25,27)/t20-,21-/m1/s1. The van der Waals surface area contributed by atoms with Crippen LogP contribution in [0, 0.1) is 13.8 Å². The molecular formula is C23H21BrN2O3. The number of ether oxygens (including phenoxy) is 2. The van der Waals surface area contributed by atoms with Crippen molar-refractivity contribution in [3.8, 4) is 5.75 Å². The lowest BCUT2D eigenvalue weighted by Gasteiger charge is -2.17. The molecule has 1 amide bonds. The number of nitrogens with zero attached hydrogens (tertiary/aromatic N) is 1. The number of halogens is 1. The van der Waals surface area contributed by atoms with Gasteiger partial charge in [-0.3, -0.25) is 4.79 Å². The van der Waals surface area contributed by atoms with E-state index in [1.54, 1.807) is 12.1 Å². The van der Waals surface area contributed by atoms with Crippen LogP contribution in [0.2, 0.25) is 0 Å². The third-order valence-electron chi connectivity index (χ3n) is 4.89. The number of amides is 1. The molecule has 148 valence electrons. The molecule has 2 aliphatic rings. The summed E-state index contributed by atoms with van der Waals surface area (Å²) < 4.78 is 12.5. The van der Waals surface area contributed by atoms with Crippen molar-refractivity contribution < 1.29 is 14.3 Å². The van der Waals surface area contributed by atoms with E-state index < -0.39 is 0 Å². The Morgan fingerprint density at radius 2 is 1.97 bits per heavy atom. The summed E-state index contributed by atoms with van der Waals surface area (Å²) in [6, 6.07) is 13.4. The molecule has 0 aromatic heterocycles. The van der Waals surface area contributed by atoms with E-state index >= 15 is 0 Å². The number of benzene rings is 2. The molecule has 6 heteroatoms. The van der Waals surface area contributed by atoms with Gasteiger partial charge in [-0.1, -0.05) is 22.0 Å². The van der Waals surface area contributed by atoms with Crippen LogP contribution in [0.25, 0.3) is 0 Å². The molecule has 4 rings (SSSR count). The number of aryl methyl sites for hydroxylation is 2. The van der Waals surface area contributed by atoms with Crippen LogP contribution in [0.15, 0.2) is 75.9 Å². The van der Waals surface area contributed by atoms with E-state index in [4.69, 9.17) is 14.5 Å². The largest absolute Gasteiger partial charge is 0.484 e. The van der Waals surface area contributed by atoms with E-state index in [9.17, 15) is 4.79 Å². The van der Waals surface area contributed by atoms with E-state index in [0.29, 0.717) is 17.3 Å². The second kappa shape index (κ2) is 8.25. The van der Waals surface area contributed by atoms with Gasteiger partial charge in [0.15, 0.2) is 6.61 Å². The first-order chi connectivity index (χ1) is 14.0. The highest BCUT2D eigenvalue weighted by molar-refractivity contribution is 9.10. The van der Waals surface area contributed by atoms with Gasteiger partial charge in [0.1, 0.15) is 17.9 Å². The highest BCUT2D eigenvalue weighted by Gasteiger charge is 2.30. The van der Waals surface area contributed by atoms with Gasteiger partial charge in [-0.2, -0.15) is 0 Å². The number of carbonyl (C=O) groups excluding carboxylic acids is 1. The zero-order valence-corrected chi connectivity index (χ0v) is 17.8. The Morgan fingerprint density at radius 1 is 1.17 bits per heavy atom. The molecule has 2 atom stereocenters. The van der Waals surface area contributed by atoms with E-state index in [2.05, 4.69) is 47.2 Å². The number of rotatable bonds is 5. The summed E-state index contributed by atoms with van der Waals surface area (Å²) >= 11 is 3.37. The Balaban J connectivity index is 1.38. The summed E-state index contributed by atoms with van der Waals surface area (Å²) in [4.78, 5) is 16.9. The maximum absolute atomic E-state index is 12.2. The minimum atomic E-state index is -0.223. The maximum atomic E-state index is 12.2. The van der Waals surface area contributed by atoms with Crippen LogP contribution in [0.1, 0.15) is 16.7 Å². The summed E-state index contributed by atoms with van der Waals surface area (Å²) in [7, 11) is 0. The second-order valence-corrected chi connectivity index (χ2v) is 7.99. The predicted octanol–water partition coefficient (Wildman–Crippen LogP) is 4.23. The number of carbonyl (C=O) groups is 1. The Kier molecular flexibility index (Phi) is 5.53. The first-order valence-electron chi connectivity index (χ1n) is 9.38. The fraction of sp³-hybridized carbons (Fsp3) is 0.217. The summed E-state index contributed by atoms with van der Waals surface area (Å²) in [6.07, 6.45) is 5.53. The van der Waals surface area contributed by atoms with Gasteiger partial charge in [-0.15, -0.1) is 0 Å². The molecule has 2 aromatic rings. The van der Waals surface area contributed by atoms with E-state index in [1.807, 2.05) is 36.4 Å². The zero-order valence-electron chi connectivity index (χ0n) is 16.2. The van der Waals surface area contributed by atoms with Gasteiger partial charge in [0.05, 0.1) is 0 Å². The topological polar surface area (TPSA) is 59.9 Å². The second-order valence-electron chi connectivity index (χ2n) is 7.08. The molecule has 1 N–H and O–H groups in total. The van der Waals surface area contributed by atoms with E-state index in [1.165, 1.54) is 11.1 Å². The van der Waals surface area contributed by atoms with E-state index in [-0.39, 0.29) is 24.7 Å². The number of nitrogens with one attached hydrogen (secondary N) is 1. The van der Waals surface area contributed by atoms with Crippen LogP contribution >= 0.6 is 15.9 Å². The first kappa shape index (κ1) is 19.5. The number of aliphatic imine (C=N–C) groups is 1. The van der Waals surface area contributed by atoms with Gasteiger partial charge in [0.25, 0.3) is 5.91 Å². The molecule has 1 aliphatic carbocycles. The summed E-state index contributed by atoms with van der Waals surface area (Å²) in [5.74, 6) is 1.05. The number of hydrogen-bond acceptors (Lipinski definition) is 4. The maximum Gasteiger partial charge on any atom is 0.262 e. The van der Waals surface area contributed by atoms with Crippen LogP contribution < -0.4 is 10.1 Å². The lowest BCUT2D eigenvalue weighted by atomic mass is 10.0. The van der Waals surface area contributed by atoms with Crippen molar-refractivity contribution >= 4 is 27.7 Å². The molecule has 0 saturated carbocycles. The minimum absolute atomic E-state index is 0.0609. The van der Waals surface area contributed by atoms with Crippen molar-refractivity contribution in [2.45, 2.75) is 26.0 Å². The highest BCUT2D eigenvalue weighted by atomic mass is 79.9. The lowest BCUT2D eigenvalue weighted by molar-refractivity contribution is -0.122. The van der Waals surface area contributed by atoms with Crippen molar-refractivity contribution in [3.05, 3.63) is 87.6 Å². The average molecular weight is 453 g/mol. The molecule has 0 radical (unpaired) electrons. The fourth-order valence-electron chi connectivity index (χ4n) is 3.14. The van der Waals surface area contributed by atoms with Crippen molar-refractivity contribution in [2.24, 2.45) is 4.99 Å². The Labute approximate surface area is 178 Å². The molecule has 1 heterocycles.